The summed E-state index contributed by atoms with van der Waals surface area (Å²) in [6, 6.07) is 1.57. The highest BCUT2D eigenvalue weighted by molar-refractivity contribution is 6.18. The van der Waals surface area contributed by atoms with Gasteiger partial charge in [-0.3, -0.25) is 4.98 Å². The van der Waals surface area contributed by atoms with Crippen LogP contribution < -0.4 is 4.74 Å². The van der Waals surface area contributed by atoms with E-state index in [0.717, 1.165) is 0 Å². The van der Waals surface area contributed by atoms with E-state index in [0.29, 0.717) is 17.9 Å². The van der Waals surface area contributed by atoms with Gasteiger partial charge in [0.05, 0.1) is 6.20 Å². The summed E-state index contributed by atoms with van der Waals surface area (Å²) in [6.07, 6.45) is 0.987. The maximum atomic E-state index is 11.9. The molecule has 0 aliphatic carbocycles. The lowest BCUT2D eigenvalue weighted by atomic mass is 10.3. The third-order valence-electron chi connectivity index (χ3n) is 1.54. The number of rotatable bonds is 4. The van der Waals surface area contributed by atoms with Crippen LogP contribution in [0.25, 0.3) is 0 Å². The maximum absolute atomic E-state index is 11.9. The van der Waals surface area contributed by atoms with E-state index in [1.54, 1.807) is 6.07 Å². The van der Waals surface area contributed by atoms with Crippen LogP contribution >= 0.6 is 11.6 Å². The molecule has 0 aromatic carbocycles. The minimum atomic E-state index is -2.49. The number of nitrogens with zero attached hydrogens (tertiary/aromatic N) is 1. The Balaban J connectivity index is 2.61. The third-order valence-corrected chi connectivity index (χ3v) is 1.73. The molecule has 0 bridgehead atoms. The normalized spacial score (nSPS) is 9.75. The number of alkyl halides is 3. The standard InChI is InChI=1S/C11H10ClF2NO/c12-4-2-1-3-9-5-10(7-15-6-9)16-8-11(13)14/h5-7,11H,2,4,8H2. The predicted octanol–water partition coefficient (Wildman–Crippen LogP) is 2.71. The van der Waals surface area contributed by atoms with Crippen molar-refractivity contribution >= 4 is 11.6 Å². The highest BCUT2D eigenvalue weighted by Gasteiger charge is 2.03. The second-order valence-electron chi connectivity index (χ2n) is 2.85. The molecule has 0 aliphatic heterocycles. The first-order chi connectivity index (χ1) is 7.72. The molecule has 0 aliphatic rings. The average Bonchev–Trinajstić information content (AvgIpc) is 2.27. The van der Waals surface area contributed by atoms with Gasteiger partial charge in [0, 0.05) is 24.1 Å². The second-order valence-corrected chi connectivity index (χ2v) is 3.23. The van der Waals surface area contributed by atoms with E-state index >= 15 is 0 Å². The molecule has 1 aromatic rings. The van der Waals surface area contributed by atoms with Gasteiger partial charge in [-0.15, -0.1) is 11.6 Å². The molecule has 0 saturated carbocycles. The Labute approximate surface area is 97.6 Å². The fourth-order valence-electron chi connectivity index (χ4n) is 0.937. The molecule has 1 rings (SSSR count). The van der Waals surface area contributed by atoms with Gasteiger partial charge in [-0.05, 0) is 6.07 Å². The molecule has 0 unspecified atom stereocenters. The van der Waals surface area contributed by atoms with Crippen LogP contribution in [0.1, 0.15) is 12.0 Å². The van der Waals surface area contributed by atoms with Gasteiger partial charge in [-0.1, -0.05) is 11.8 Å². The lowest BCUT2D eigenvalue weighted by Gasteiger charge is -2.04. The molecule has 0 fully saturated rings. The molecule has 0 spiro atoms. The topological polar surface area (TPSA) is 22.1 Å². The summed E-state index contributed by atoms with van der Waals surface area (Å²) >= 11 is 5.46. The zero-order valence-corrected chi connectivity index (χ0v) is 9.18. The van der Waals surface area contributed by atoms with Crippen molar-refractivity contribution in [3.63, 3.8) is 0 Å². The zero-order valence-electron chi connectivity index (χ0n) is 8.42. The summed E-state index contributed by atoms with van der Waals surface area (Å²) in [5, 5.41) is 0. The van der Waals surface area contributed by atoms with Crippen LogP contribution in [0.15, 0.2) is 18.5 Å². The predicted molar refractivity (Wildman–Crippen MR) is 58.0 cm³/mol. The third kappa shape index (κ3) is 4.94. The summed E-state index contributed by atoms with van der Waals surface area (Å²) in [6.45, 7) is -0.639. The minimum absolute atomic E-state index is 0.290. The Morgan fingerprint density at radius 2 is 2.25 bits per heavy atom. The summed E-state index contributed by atoms with van der Waals surface area (Å²) < 4.78 is 28.6. The van der Waals surface area contributed by atoms with E-state index in [-0.39, 0.29) is 5.75 Å². The molecule has 1 heterocycles. The van der Waals surface area contributed by atoms with E-state index in [1.807, 2.05) is 0 Å². The fraction of sp³-hybridized carbons (Fsp3) is 0.364. The number of hydrogen-bond donors (Lipinski definition) is 0. The Morgan fingerprint density at radius 3 is 2.94 bits per heavy atom. The van der Waals surface area contributed by atoms with Gasteiger partial charge in [-0.2, -0.15) is 0 Å². The molecule has 86 valence electrons. The van der Waals surface area contributed by atoms with Gasteiger partial charge >= 0.3 is 0 Å². The van der Waals surface area contributed by atoms with Crippen LogP contribution in [0.2, 0.25) is 0 Å². The minimum Gasteiger partial charge on any atom is -0.486 e. The van der Waals surface area contributed by atoms with Gasteiger partial charge in [0.2, 0.25) is 0 Å². The Hall–Kier alpha value is -1.34. The monoisotopic (exact) mass is 245 g/mol. The van der Waals surface area contributed by atoms with Gasteiger partial charge in [0.25, 0.3) is 6.43 Å². The molecule has 2 nitrogen and oxygen atoms in total. The number of hydrogen-bond acceptors (Lipinski definition) is 2. The molecule has 1 aromatic heterocycles. The Bertz CT molecular complexity index is 387. The van der Waals surface area contributed by atoms with Crippen molar-refractivity contribution in [2.75, 3.05) is 12.5 Å². The van der Waals surface area contributed by atoms with E-state index in [1.165, 1.54) is 12.4 Å². The zero-order chi connectivity index (χ0) is 11.8. The van der Waals surface area contributed by atoms with Crippen LogP contribution in [-0.2, 0) is 0 Å². The van der Waals surface area contributed by atoms with E-state index < -0.39 is 13.0 Å². The van der Waals surface area contributed by atoms with Crippen LogP contribution in [0.5, 0.6) is 5.75 Å². The van der Waals surface area contributed by atoms with Gasteiger partial charge in [0.15, 0.2) is 0 Å². The molecule has 0 radical (unpaired) electrons. The molecule has 0 saturated heterocycles. The van der Waals surface area contributed by atoms with Crippen molar-refractivity contribution in [3.8, 4) is 17.6 Å². The molecular formula is C11H10ClF2NO. The number of pyridine rings is 1. The highest BCUT2D eigenvalue weighted by Crippen LogP contribution is 2.11. The summed E-state index contributed by atoms with van der Waals surface area (Å²) in [7, 11) is 0. The summed E-state index contributed by atoms with van der Waals surface area (Å²) in [5.41, 5.74) is 0.622. The second kappa shape index (κ2) is 7.02. The van der Waals surface area contributed by atoms with E-state index in [2.05, 4.69) is 16.8 Å². The SMILES string of the molecule is FC(F)COc1cncc(C#CCCCl)c1. The molecule has 0 atom stereocenters. The van der Waals surface area contributed by atoms with Crippen LogP contribution in [0.4, 0.5) is 8.78 Å². The van der Waals surface area contributed by atoms with Crippen molar-refractivity contribution in [2.45, 2.75) is 12.8 Å². The first kappa shape index (κ1) is 12.7. The number of ether oxygens (including phenoxy) is 1. The van der Waals surface area contributed by atoms with Crippen molar-refractivity contribution in [3.05, 3.63) is 24.0 Å². The van der Waals surface area contributed by atoms with Crippen LogP contribution in [-0.4, -0.2) is 23.9 Å². The summed E-state index contributed by atoms with van der Waals surface area (Å²) in [4.78, 5) is 3.84. The first-order valence-electron chi connectivity index (χ1n) is 4.63. The maximum Gasteiger partial charge on any atom is 0.272 e. The number of aromatic nitrogens is 1. The largest absolute Gasteiger partial charge is 0.486 e. The highest BCUT2D eigenvalue weighted by atomic mass is 35.5. The molecule has 0 amide bonds. The van der Waals surface area contributed by atoms with Gasteiger partial charge in [-0.25, -0.2) is 8.78 Å². The van der Waals surface area contributed by atoms with E-state index in [4.69, 9.17) is 16.3 Å². The number of halogens is 3. The average molecular weight is 246 g/mol. The van der Waals surface area contributed by atoms with E-state index in [9.17, 15) is 8.78 Å². The van der Waals surface area contributed by atoms with Crippen molar-refractivity contribution in [1.82, 2.24) is 4.98 Å². The lowest BCUT2D eigenvalue weighted by Crippen LogP contribution is -2.07. The summed E-state index contributed by atoms with van der Waals surface area (Å²) in [5.74, 6) is 6.38. The van der Waals surface area contributed by atoms with Crippen molar-refractivity contribution in [2.24, 2.45) is 0 Å². The smallest absolute Gasteiger partial charge is 0.272 e. The fourth-order valence-corrected chi connectivity index (χ4v) is 1.03. The van der Waals surface area contributed by atoms with Gasteiger partial charge < -0.3 is 4.74 Å². The lowest BCUT2D eigenvalue weighted by molar-refractivity contribution is 0.0817. The van der Waals surface area contributed by atoms with Crippen LogP contribution in [0, 0.1) is 11.8 Å². The molecular weight excluding hydrogens is 236 g/mol. The van der Waals surface area contributed by atoms with Crippen molar-refractivity contribution in [1.29, 1.82) is 0 Å². The molecule has 5 heteroatoms. The molecule has 16 heavy (non-hydrogen) atoms. The molecule has 0 N–H and O–H groups in total. The quantitative estimate of drug-likeness (QED) is 0.601. The van der Waals surface area contributed by atoms with Crippen molar-refractivity contribution < 1.29 is 13.5 Å². The first-order valence-corrected chi connectivity index (χ1v) is 5.16. The van der Waals surface area contributed by atoms with Gasteiger partial charge in [0.1, 0.15) is 12.4 Å². The Morgan fingerprint density at radius 1 is 1.44 bits per heavy atom. The van der Waals surface area contributed by atoms with Crippen LogP contribution in [0.3, 0.4) is 0 Å². The Kier molecular flexibility index (Phi) is 5.58.